The summed E-state index contributed by atoms with van der Waals surface area (Å²) >= 11 is 6.22. The molecule has 0 N–H and O–H groups in total. The molecule has 1 saturated heterocycles. The number of hydrogen-bond donors (Lipinski definition) is 0. The highest BCUT2D eigenvalue weighted by Crippen LogP contribution is 2.34. The maximum absolute atomic E-state index is 12.9. The summed E-state index contributed by atoms with van der Waals surface area (Å²) in [5.74, 6) is 0.218. The van der Waals surface area contributed by atoms with Crippen LogP contribution in [0.4, 0.5) is 0 Å². The van der Waals surface area contributed by atoms with Gasteiger partial charge in [-0.25, -0.2) is 13.1 Å². The van der Waals surface area contributed by atoms with E-state index in [2.05, 4.69) is 5.10 Å². The van der Waals surface area contributed by atoms with Crippen molar-refractivity contribution in [2.45, 2.75) is 24.6 Å². The van der Waals surface area contributed by atoms with E-state index in [1.54, 1.807) is 39.9 Å². The van der Waals surface area contributed by atoms with Crippen LogP contribution in [-0.2, 0) is 16.4 Å². The van der Waals surface area contributed by atoms with Crippen molar-refractivity contribution in [3.63, 3.8) is 0 Å². The summed E-state index contributed by atoms with van der Waals surface area (Å²) < 4.78 is 32.7. The first-order valence-corrected chi connectivity index (χ1v) is 11.0. The third-order valence-electron chi connectivity index (χ3n) is 5.01. The second-order valence-corrected chi connectivity index (χ2v) is 9.46. The number of aromatic nitrogens is 2. The predicted molar refractivity (Wildman–Crippen MR) is 101 cm³/mol. The number of amides is 1. The first-order chi connectivity index (χ1) is 13.0. The van der Waals surface area contributed by atoms with Crippen molar-refractivity contribution in [1.29, 1.82) is 0 Å². The molecule has 0 unspecified atom stereocenters. The molecule has 144 valence electrons. The summed E-state index contributed by atoms with van der Waals surface area (Å²) in [7, 11) is -3.42. The van der Waals surface area contributed by atoms with Crippen molar-refractivity contribution in [2.75, 3.05) is 25.4 Å². The minimum atomic E-state index is -3.42. The van der Waals surface area contributed by atoms with Gasteiger partial charge in [-0.05, 0) is 18.1 Å². The number of aryl methyl sites for hydroxylation is 1. The Balaban J connectivity index is 1.56. The predicted octanol–water partition coefficient (Wildman–Crippen LogP) is 2.32. The largest absolute Gasteiger partial charge is 0.478 e. The van der Waals surface area contributed by atoms with E-state index >= 15 is 0 Å². The second kappa shape index (κ2) is 7.16. The molecule has 1 atom stereocenters. The molecule has 3 heterocycles. The fourth-order valence-electron chi connectivity index (χ4n) is 3.57. The van der Waals surface area contributed by atoms with Crippen LogP contribution < -0.4 is 4.74 Å². The zero-order valence-electron chi connectivity index (χ0n) is 14.7. The third kappa shape index (κ3) is 3.55. The highest BCUT2D eigenvalue weighted by Gasteiger charge is 2.34. The highest BCUT2D eigenvalue weighted by atomic mass is 35.5. The van der Waals surface area contributed by atoms with Crippen molar-refractivity contribution in [2.24, 2.45) is 0 Å². The van der Waals surface area contributed by atoms with Crippen molar-refractivity contribution < 1.29 is 17.9 Å². The molecular weight excluding hydrogens is 390 g/mol. The molecule has 27 heavy (non-hydrogen) atoms. The van der Waals surface area contributed by atoms with E-state index in [1.807, 2.05) is 0 Å². The number of carbonyl (C=O) groups excluding carboxylic acids is 1. The van der Waals surface area contributed by atoms with Crippen molar-refractivity contribution in [3.05, 3.63) is 46.6 Å². The van der Waals surface area contributed by atoms with Crippen molar-refractivity contribution >= 4 is 27.3 Å². The summed E-state index contributed by atoms with van der Waals surface area (Å²) in [6.07, 6.45) is 1.16. The van der Waals surface area contributed by atoms with Crippen LogP contribution >= 0.6 is 11.6 Å². The van der Waals surface area contributed by atoms with Crippen LogP contribution in [0.15, 0.2) is 30.3 Å². The minimum Gasteiger partial charge on any atom is -0.478 e. The molecule has 0 saturated carbocycles. The summed E-state index contributed by atoms with van der Waals surface area (Å²) in [5, 5.41) is 4.04. The minimum absolute atomic E-state index is 0.0985. The van der Waals surface area contributed by atoms with Gasteiger partial charge in [0.1, 0.15) is 0 Å². The molecule has 4 rings (SSSR count). The number of sulfone groups is 1. The molecule has 2 aliphatic heterocycles. The number of carbonyl (C=O) groups is 1. The molecule has 1 amide bonds. The third-order valence-corrected chi connectivity index (χ3v) is 7.46. The van der Waals surface area contributed by atoms with Gasteiger partial charge in [-0.1, -0.05) is 29.8 Å². The Morgan fingerprint density at radius 3 is 2.81 bits per heavy atom. The Morgan fingerprint density at radius 1 is 1.22 bits per heavy atom. The van der Waals surface area contributed by atoms with Crippen LogP contribution in [0.1, 0.15) is 34.1 Å². The molecule has 1 fully saturated rings. The Morgan fingerprint density at radius 2 is 2.04 bits per heavy atom. The SMILES string of the molecule is O=C(c1cc2n(n1)CCCO2)N1CC[C@@H](c2ccccc2Cl)S(=O)(=O)CC1. The van der Waals surface area contributed by atoms with E-state index in [9.17, 15) is 13.2 Å². The lowest BCUT2D eigenvalue weighted by molar-refractivity contribution is 0.0759. The van der Waals surface area contributed by atoms with Gasteiger partial charge in [-0.3, -0.25) is 4.79 Å². The van der Waals surface area contributed by atoms with Gasteiger partial charge >= 0.3 is 0 Å². The zero-order chi connectivity index (χ0) is 19.0. The quantitative estimate of drug-likeness (QED) is 0.760. The molecule has 2 aliphatic rings. The Hall–Kier alpha value is -2.06. The maximum Gasteiger partial charge on any atom is 0.274 e. The van der Waals surface area contributed by atoms with Gasteiger partial charge in [0.05, 0.1) is 17.6 Å². The number of ether oxygens (including phenoxy) is 1. The van der Waals surface area contributed by atoms with Gasteiger partial charge in [0.2, 0.25) is 5.88 Å². The average Bonchev–Trinajstić information content (AvgIpc) is 3.02. The van der Waals surface area contributed by atoms with Crippen LogP contribution in [0.3, 0.4) is 0 Å². The summed E-state index contributed by atoms with van der Waals surface area (Å²) in [5.41, 5.74) is 0.889. The van der Waals surface area contributed by atoms with E-state index in [1.165, 1.54) is 0 Å². The van der Waals surface area contributed by atoms with Gasteiger partial charge in [-0.15, -0.1) is 0 Å². The van der Waals surface area contributed by atoms with Gasteiger partial charge in [0.15, 0.2) is 15.5 Å². The number of benzene rings is 1. The summed E-state index contributed by atoms with van der Waals surface area (Å²) in [6, 6.07) is 8.61. The lowest BCUT2D eigenvalue weighted by atomic mass is 10.1. The second-order valence-electron chi connectivity index (χ2n) is 6.75. The standard InChI is InChI=1S/C18H20ClN3O4S/c19-14-5-2-1-4-13(14)16-6-8-21(9-11-27(16,24)25)18(23)15-12-17-22(20-15)7-3-10-26-17/h1-2,4-5,12,16H,3,6-11H2/t16-/m0/s1. The van der Waals surface area contributed by atoms with E-state index in [0.29, 0.717) is 48.3 Å². The fourth-order valence-corrected chi connectivity index (χ4v) is 5.71. The monoisotopic (exact) mass is 409 g/mol. The Bertz CT molecular complexity index is 949. The van der Waals surface area contributed by atoms with E-state index < -0.39 is 15.1 Å². The molecule has 0 aliphatic carbocycles. The Labute approximate surface area is 162 Å². The van der Waals surface area contributed by atoms with Crippen molar-refractivity contribution in [1.82, 2.24) is 14.7 Å². The zero-order valence-corrected chi connectivity index (χ0v) is 16.2. The molecular formula is C18H20ClN3O4S. The van der Waals surface area contributed by atoms with Crippen LogP contribution in [0.25, 0.3) is 0 Å². The van der Waals surface area contributed by atoms with Crippen molar-refractivity contribution in [3.8, 4) is 5.88 Å². The van der Waals surface area contributed by atoms with Crippen LogP contribution in [0.5, 0.6) is 5.88 Å². The van der Waals surface area contributed by atoms with Gasteiger partial charge in [0.25, 0.3) is 5.91 Å². The molecule has 7 nitrogen and oxygen atoms in total. The van der Waals surface area contributed by atoms with E-state index in [-0.39, 0.29) is 18.2 Å². The topological polar surface area (TPSA) is 81.5 Å². The molecule has 0 bridgehead atoms. The molecule has 0 radical (unpaired) electrons. The van der Waals surface area contributed by atoms with Gasteiger partial charge in [-0.2, -0.15) is 5.10 Å². The van der Waals surface area contributed by atoms with Gasteiger partial charge < -0.3 is 9.64 Å². The molecule has 1 aromatic carbocycles. The number of halogens is 1. The maximum atomic E-state index is 12.9. The number of nitrogens with zero attached hydrogens (tertiary/aromatic N) is 3. The lowest BCUT2D eigenvalue weighted by Gasteiger charge is -2.19. The number of hydrogen-bond acceptors (Lipinski definition) is 5. The fraction of sp³-hybridized carbons (Fsp3) is 0.444. The molecule has 1 aromatic heterocycles. The molecule has 2 aromatic rings. The average molecular weight is 410 g/mol. The number of rotatable bonds is 2. The molecule has 9 heteroatoms. The Kier molecular flexibility index (Phi) is 4.86. The lowest BCUT2D eigenvalue weighted by Crippen LogP contribution is -2.34. The summed E-state index contributed by atoms with van der Waals surface area (Å²) in [4.78, 5) is 14.4. The smallest absolute Gasteiger partial charge is 0.274 e. The van der Waals surface area contributed by atoms with Crippen LogP contribution in [0.2, 0.25) is 5.02 Å². The number of fused-ring (bicyclic) bond motifs is 1. The first-order valence-electron chi connectivity index (χ1n) is 8.91. The summed E-state index contributed by atoms with van der Waals surface area (Å²) in [6.45, 7) is 1.80. The van der Waals surface area contributed by atoms with Crippen LogP contribution in [0, 0.1) is 0 Å². The van der Waals surface area contributed by atoms with Gasteiger partial charge in [0, 0.05) is 37.1 Å². The molecule has 0 spiro atoms. The van der Waals surface area contributed by atoms with E-state index in [4.69, 9.17) is 16.3 Å². The van der Waals surface area contributed by atoms with Crippen LogP contribution in [-0.4, -0.2) is 54.5 Å². The highest BCUT2D eigenvalue weighted by molar-refractivity contribution is 7.91. The van der Waals surface area contributed by atoms with E-state index in [0.717, 1.165) is 6.42 Å². The normalized spacial score (nSPS) is 21.8. The first kappa shape index (κ1) is 18.3.